The number of rotatable bonds is 2. The lowest BCUT2D eigenvalue weighted by atomic mass is 10.1. The first-order valence-corrected chi connectivity index (χ1v) is 8.09. The summed E-state index contributed by atoms with van der Waals surface area (Å²) >= 11 is 0. The van der Waals surface area contributed by atoms with Gasteiger partial charge in [-0.2, -0.15) is 0 Å². The van der Waals surface area contributed by atoms with Gasteiger partial charge in [0, 0.05) is 30.5 Å². The predicted molar refractivity (Wildman–Crippen MR) is 87.1 cm³/mol. The number of pyridine rings is 1. The van der Waals surface area contributed by atoms with Crippen molar-refractivity contribution in [3.63, 3.8) is 0 Å². The van der Waals surface area contributed by atoms with Crippen molar-refractivity contribution >= 4 is 11.7 Å². The average Bonchev–Trinajstić information content (AvgIpc) is 3.06. The molecule has 2 aromatic heterocycles. The molecule has 1 saturated heterocycles. The highest BCUT2D eigenvalue weighted by Gasteiger charge is 2.31. The summed E-state index contributed by atoms with van der Waals surface area (Å²) in [6.07, 6.45) is 4.80. The Balaban J connectivity index is 1.82. The minimum Gasteiger partial charge on any atom is -0.353 e. The highest BCUT2D eigenvalue weighted by molar-refractivity contribution is 5.86. The molecule has 0 radical (unpaired) electrons. The molecule has 6 nitrogen and oxygen atoms in total. The van der Waals surface area contributed by atoms with Crippen molar-refractivity contribution in [1.29, 1.82) is 0 Å². The Kier molecular flexibility index (Phi) is 3.44. The normalized spacial score (nSPS) is 20.3. The van der Waals surface area contributed by atoms with E-state index in [0.717, 1.165) is 43.0 Å². The van der Waals surface area contributed by atoms with Gasteiger partial charge < -0.3 is 10.2 Å². The van der Waals surface area contributed by atoms with Crippen LogP contribution >= 0.6 is 0 Å². The first-order valence-electron chi connectivity index (χ1n) is 8.09. The molecular formula is C17H19N5O. The summed E-state index contributed by atoms with van der Waals surface area (Å²) in [5.74, 6) is 1.62. The summed E-state index contributed by atoms with van der Waals surface area (Å²) in [7, 11) is 0. The third-order valence-electron chi connectivity index (χ3n) is 4.58. The number of nitrogens with zero attached hydrogens (tertiary/aromatic N) is 4. The van der Waals surface area contributed by atoms with E-state index in [1.165, 1.54) is 5.56 Å². The topological polar surface area (TPSA) is 71.0 Å². The fourth-order valence-corrected chi connectivity index (χ4v) is 3.33. The SMILES string of the molecule is C[C@@H]1C(=O)NCCN1c1nc(-c2ccccn2)nc2c1CCC2. The van der Waals surface area contributed by atoms with Crippen LogP contribution < -0.4 is 10.2 Å². The number of aryl methyl sites for hydroxylation is 1. The lowest BCUT2D eigenvalue weighted by molar-refractivity contribution is -0.122. The Morgan fingerprint density at radius 1 is 1.26 bits per heavy atom. The van der Waals surface area contributed by atoms with Crippen LogP contribution in [0, 0.1) is 0 Å². The monoisotopic (exact) mass is 309 g/mol. The number of fused-ring (bicyclic) bond motifs is 1. The van der Waals surface area contributed by atoms with Crippen LogP contribution in [0.25, 0.3) is 11.5 Å². The van der Waals surface area contributed by atoms with Crippen LogP contribution in [0.4, 0.5) is 5.82 Å². The van der Waals surface area contributed by atoms with Crippen LogP contribution in [0.2, 0.25) is 0 Å². The molecule has 3 heterocycles. The number of carbonyl (C=O) groups is 1. The van der Waals surface area contributed by atoms with Crippen LogP contribution in [-0.4, -0.2) is 40.0 Å². The molecular weight excluding hydrogens is 290 g/mol. The minimum atomic E-state index is -0.208. The molecule has 1 amide bonds. The summed E-state index contributed by atoms with van der Waals surface area (Å²) in [4.78, 5) is 28.0. The zero-order valence-corrected chi connectivity index (χ0v) is 13.1. The van der Waals surface area contributed by atoms with E-state index in [1.807, 2.05) is 25.1 Å². The van der Waals surface area contributed by atoms with Gasteiger partial charge in [-0.15, -0.1) is 0 Å². The van der Waals surface area contributed by atoms with Crippen molar-refractivity contribution in [2.24, 2.45) is 0 Å². The van der Waals surface area contributed by atoms with Gasteiger partial charge in [-0.3, -0.25) is 9.78 Å². The summed E-state index contributed by atoms with van der Waals surface area (Å²) < 4.78 is 0. The van der Waals surface area contributed by atoms with E-state index < -0.39 is 0 Å². The molecule has 4 rings (SSSR count). The van der Waals surface area contributed by atoms with Gasteiger partial charge in [0.1, 0.15) is 17.6 Å². The van der Waals surface area contributed by atoms with Crippen molar-refractivity contribution in [1.82, 2.24) is 20.3 Å². The van der Waals surface area contributed by atoms with E-state index in [-0.39, 0.29) is 11.9 Å². The summed E-state index contributed by atoms with van der Waals surface area (Å²) in [6, 6.07) is 5.54. The van der Waals surface area contributed by atoms with Gasteiger partial charge >= 0.3 is 0 Å². The van der Waals surface area contributed by atoms with Gasteiger partial charge in [0.25, 0.3) is 0 Å². The van der Waals surface area contributed by atoms with Gasteiger partial charge in [-0.1, -0.05) is 6.07 Å². The average molecular weight is 309 g/mol. The molecule has 1 aliphatic carbocycles. The molecule has 118 valence electrons. The molecule has 0 spiro atoms. The van der Waals surface area contributed by atoms with E-state index in [2.05, 4.69) is 15.2 Å². The van der Waals surface area contributed by atoms with Crippen LogP contribution in [0.3, 0.4) is 0 Å². The summed E-state index contributed by atoms with van der Waals surface area (Å²) in [5, 5.41) is 2.91. The minimum absolute atomic E-state index is 0.0565. The largest absolute Gasteiger partial charge is 0.353 e. The van der Waals surface area contributed by atoms with Gasteiger partial charge in [0.2, 0.25) is 5.91 Å². The highest BCUT2D eigenvalue weighted by Crippen LogP contribution is 2.32. The molecule has 1 N–H and O–H groups in total. The predicted octanol–water partition coefficient (Wildman–Crippen LogP) is 1.35. The van der Waals surface area contributed by atoms with Crippen molar-refractivity contribution in [2.75, 3.05) is 18.0 Å². The molecule has 1 aliphatic heterocycles. The second-order valence-electron chi connectivity index (χ2n) is 6.02. The quantitative estimate of drug-likeness (QED) is 0.907. The summed E-state index contributed by atoms with van der Waals surface area (Å²) in [5.41, 5.74) is 3.08. The molecule has 6 heteroatoms. The molecule has 2 aromatic rings. The van der Waals surface area contributed by atoms with Gasteiger partial charge in [-0.05, 0) is 38.3 Å². The smallest absolute Gasteiger partial charge is 0.242 e. The molecule has 0 aromatic carbocycles. The zero-order valence-electron chi connectivity index (χ0n) is 13.1. The van der Waals surface area contributed by atoms with E-state index in [9.17, 15) is 4.79 Å². The van der Waals surface area contributed by atoms with E-state index in [0.29, 0.717) is 12.4 Å². The summed E-state index contributed by atoms with van der Waals surface area (Å²) in [6.45, 7) is 3.36. The van der Waals surface area contributed by atoms with Crippen LogP contribution in [0.1, 0.15) is 24.6 Å². The van der Waals surface area contributed by atoms with E-state index >= 15 is 0 Å². The fraction of sp³-hybridized carbons (Fsp3) is 0.412. The van der Waals surface area contributed by atoms with Crippen LogP contribution in [0.15, 0.2) is 24.4 Å². The van der Waals surface area contributed by atoms with Gasteiger partial charge in [0.15, 0.2) is 5.82 Å². The van der Waals surface area contributed by atoms with Crippen LogP contribution in [0.5, 0.6) is 0 Å². The number of aromatic nitrogens is 3. The molecule has 0 saturated carbocycles. The second-order valence-corrected chi connectivity index (χ2v) is 6.02. The number of amides is 1. The Morgan fingerprint density at radius 2 is 2.17 bits per heavy atom. The van der Waals surface area contributed by atoms with Gasteiger partial charge in [0.05, 0.1) is 0 Å². The van der Waals surface area contributed by atoms with Crippen molar-refractivity contribution in [3.05, 3.63) is 35.7 Å². The Morgan fingerprint density at radius 3 is 3.00 bits per heavy atom. The molecule has 0 unspecified atom stereocenters. The van der Waals surface area contributed by atoms with Crippen molar-refractivity contribution < 1.29 is 4.79 Å². The number of anilines is 1. The molecule has 1 atom stereocenters. The van der Waals surface area contributed by atoms with E-state index in [1.54, 1.807) is 6.20 Å². The lowest BCUT2D eigenvalue weighted by Gasteiger charge is -2.35. The molecule has 0 bridgehead atoms. The Bertz CT molecular complexity index is 746. The maximum atomic E-state index is 12.0. The molecule has 23 heavy (non-hydrogen) atoms. The molecule has 1 fully saturated rings. The molecule has 2 aliphatic rings. The first kappa shape index (κ1) is 14.1. The van der Waals surface area contributed by atoms with Crippen molar-refractivity contribution in [2.45, 2.75) is 32.2 Å². The first-order chi connectivity index (χ1) is 11.2. The Hall–Kier alpha value is -2.50. The third kappa shape index (κ3) is 2.44. The second kappa shape index (κ2) is 5.61. The number of piperazine rings is 1. The zero-order chi connectivity index (χ0) is 15.8. The fourth-order valence-electron chi connectivity index (χ4n) is 3.33. The Labute approximate surface area is 135 Å². The van der Waals surface area contributed by atoms with Crippen molar-refractivity contribution in [3.8, 4) is 11.5 Å². The number of hydrogen-bond acceptors (Lipinski definition) is 5. The van der Waals surface area contributed by atoms with Crippen LogP contribution in [-0.2, 0) is 17.6 Å². The number of carbonyl (C=O) groups excluding carboxylic acids is 1. The maximum absolute atomic E-state index is 12.0. The highest BCUT2D eigenvalue weighted by atomic mass is 16.2. The lowest BCUT2D eigenvalue weighted by Crippen LogP contribution is -2.54. The van der Waals surface area contributed by atoms with Gasteiger partial charge in [-0.25, -0.2) is 9.97 Å². The number of hydrogen-bond donors (Lipinski definition) is 1. The number of nitrogens with one attached hydrogen (secondary N) is 1. The maximum Gasteiger partial charge on any atom is 0.242 e. The third-order valence-corrected chi connectivity index (χ3v) is 4.58. The van der Waals surface area contributed by atoms with E-state index in [4.69, 9.17) is 9.97 Å². The standard InChI is InChI=1S/C17H19N5O/c1-11-17(23)19-9-10-22(11)16-12-5-4-7-13(12)20-15(21-16)14-6-2-3-8-18-14/h2-3,6,8,11H,4-5,7,9-10H2,1H3,(H,19,23)/t11-/m1/s1.